The van der Waals surface area contributed by atoms with Gasteiger partial charge in [-0.05, 0) is 23.9 Å². The lowest BCUT2D eigenvalue weighted by Crippen LogP contribution is -2.28. The van der Waals surface area contributed by atoms with Crippen LogP contribution in [-0.4, -0.2) is 38.0 Å². The number of hydrogen-bond donors (Lipinski definition) is 2. The van der Waals surface area contributed by atoms with Crippen molar-refractivity contribution in [2.24, 2.45) is 0 Å². The second-order valence-corrected chi connectivity index (χ2v) is 4.60. The summed E-state index contributed by atoms with van der Waals surface area (Å²) in [4.78, 5) is 15.3. The zero-order chi connectivity index (χ0) is 14.1. The lowest BCUT2D eigenvalue weighted by atomic mass is 9.78. The largest absolute Gasteiger partial charge is 0.535 e. The Kier molecular flexibility index (Phi) is 3.15. The van der Waals surface area contributed by atoms with Crippen molar-refractivity contribution in [2.45, 2.75) is 19.3 Å². The molecule has 0 fully saturated rings. The van der Waals surface area contributed by atoms with Gasteiger partial charge in [0.05, 0.1) is 6.54 Å². The Labute approximate surface area is 115 Å². The average molecular weight is 273 g/mol. The number of aryl methyl sites for hydroxylation is 1. The number of aromatic carboxylic acids is 1. The predicted octanol–water partition coefficient (Wildman–Crippen LogP) is 0.440. The highest BCUT2D eigenvalue weighted by atomic mass is 16.5. The fourth-order valence-corrected chi connectivity index (χ4v) is 2.33. The molecule has 8 heteroatoms. The number of aromatic nitrogens is 3. The van der Waals surface area contributed by atoms with Crippen molar-refractivity contribution >= 4 is 13.1 Å². The van der Waals surface area contributed by atoms with Crippen molar-refractivity contribution in [3.8, 4) is 5.75 Å². The Hall–Kier alpha value is -2.35. The second-order valence-electron chi connectivity index (χ2n) is 4.60. The van der Waals surface area contributed by atoms with E-state index in [0.29, 0.717) is 18.3 Å². The van der Waals surface area contributed by atoms with Gasteiger partial charge in [-0.3, -0.25) is 0 Å². The van der Waals surface area contributed by atoms with E-state index in [0.717, 1.165) is 5.56 Å². The molecule has 1 aliphatic heterocycles. The molecule has 0 radical (unpaired) electrons. The molecule has 1 aliphatic rings. The zero-order valence-electron chi connectivity index (χ0n) is 10.6. The van der Waals surface area contributed by atoms with Crippen LogP contribution in [0, 0.1) is 0 Å². The maximum Gasteiger partial charge on any atom is 0.522 e. The number of carbonyl (C=O) groups is 1. The Balaban J connectivity index is 2.06. The van der Waals surface area contributed by atoms with Gasteiger partial charge in [0.2, 0.25) is 0 Å². The van der Waals surface area contributed by atoms with Crippen LogP contribution < -0.4 is 4.65 Å². The molecule has 2 heterocycles. The van der Waals surface area contributed by atoms with E-state index in [1.165, 1.54) is 17.3 Å². The van der Waals surface area contributed by atoms with E-state index in [4.69, 9.17) is 4.65 Å². The van der Waals surface area contributed by atoms with Gasteiger partial charge in [-0.25, -0.2) is 14.5 Å². The minimum atomic E-state index is -1.08. The van der Waals surface area contributed by atoms with Crippen LogP contribution in [-0.2, 0) is 13.0 Å². The molecule has 3 rings (SSSR count). The molecular weight excluding hydrogens is 261 g/mol. The van der Waals surface area contributed by atoms with Crippen molar-refractivity contribution in [3.05, 3.63) is 41.5 Å². The predicted molar refractivity (Wildman–Crippen MR) is 69.6 cm³/mol. The highest BCUT2D eigenvalue weighted by Gasteiger charge is 2.29. The van der Waals surface area contributed by atoms with Crippen molar-refractivity contribution in [3.63, 3.8) is 0 Å². The molecule has 0 spiro atoms. The fourth-order valence-electron chi connectivity index (χ4n) is 2.33. The minimum Gasteiger partial charge on any atom is -0.535 e. The van der Waals surface area contributed by atoms with Crippen LogP contribution in [0.4, 0.5) is 0 Å². The number of carboxylic acid groups (broad SMARTS) is 1. The van der Waals surface area contributed by atoms with Gasteiger partial charge in [-0.15, -0.1) is 0 Å². The molecular formula is C12H12BN3O4. The highest BCUT2D eigenvalue weighted by Crippen LogP contribution is 2.33. The fraction of sp³-hybridized carbons (Fsp3) is 0.250. The maximum atomic E-state index is 11.5. The van der Waals surface area contributed by atoms with Gasteiger partial charge in [0.15, 0.2) is 0 Å². The molecule has 2 N–H and O–H groups in total. The van der Waals surface area contributed by atoms with Gasteiger partial charge in [0.25, 0.3) is 0 Å². The SMILES string of the molecule is O=C(O)c1c(Cn2cncn2)ccc2c1OB(O)CC2. The van der Waals surface area contributed by atoms with Gasteiger partial charge in [0.1, 0.15) is 24.0 Å². The molecule has 0 amide bonds. The zero-order valence-corrected chi connectivity index (χ0v) is 10.6. The Morgan fingerprint density at radius 2 is 2.35 bits per heavy atom. The number of carboxylic acids is 1. The Morgan fingerprint density at radius 1 is 1.50 bits per heavy atom. The molecule has 0 bridgehead atoms. The van der Waals surface area contributed by atoms with Crippen LogP contribution >= 0.6 is 0 Å². The summed E-state index contributed by atoms with van der Waals surface area (Å²) in [5.74, 6) is -0.820. The Morgan fingerprint density at radius 3 is 3.05 bits per heavy atom. The van der Waals surface area contributed by atoms with E-state index < -0.39 is 13.1 Å². The molecule has 1 aromatic carbocycles. The van der Waals surface area contributed by atoms with Crippen LogP contribution in [0.15, 0.2) is 24.8 Å². The summed E-state index contributed by atoms with van der Waals surface area (Å²) in [6.45, 7) is 0.286. The number of benzene rings is 1. The van der Waals surface area contributed by atoms with Gasteiger partial charge in [-0.2, -0.15) is 5.10 Å². The lowest BCUT2D eigenvalue weighted by molar-refractivity contribution is 0.0693. The topological polar surface area (TPSA) is 97.5 Å². The van der Waals surface area contributed by atoms with E-state index in [9.17, 15) is 14.9 Å². The third-order valence-electron chi connectivity index (χ3n) is 3.25. The smallest absolute Gasteiger partial charge is 0.522 e. The molecule has 102 valence electrons. The standard InChI is InChI=1S/C12H12BN3O4/c17-12(18)10-9(5-16-7-14-6-15-16)2-1-8-3-4-13(19)20-11(8)10/h1-2,6-7,19H,3-5H2,(H,17,18). The van der Waals surface area contributed by atoms with E-state index in [1.807, 2.05) is 6.07 Å². The van der Waals surface area contributed by atoms with E-state index in [2.05, 4.69) is 10.1 Å². The van der Waals surface area contributed by atoms with Gasteiger partial charge >= 0.3 is 13.1 Å². The van der Waals surface area contributed by atoms with E-state index in [1.54, 1.807) is 6.07 Å². The van der Waals surface area contributed by atoms with Gasteiger partial charge in [-0.1, -0.05) is 12.1 Å². The van der Waals surface area contributed by atoms with E-state index >= 15 is 0 Å². The number of hydrogen-bond acceptors (Lipinski definition) is 5. The van der Waals surface area contributed by atoms with E-state index in [-0.39, 0.29) is 17.9 Å². The normalized spacial score (nSPS) is 13.8. The third kappa shape index (κ3) is 2.25. The average Bonchev–Trinajstić information content (AvgIpc) is 2.90. The van der Waals surface area contributed by atoms with Crippen molar-refractivity contribution in [2.75, 3.05) is 0 Å². The molecule has 0 saturated carbocycles. The molecule has 0 atom stereocenters. The van der Waals surface area contributed by atoms with Crippen LogP contribution in [0.3, 0.4) is 0 Å². The summed E-state index contributed by atoms with van der Waals surface area (Å²) in [5, 5.41) is 23.0. The summed E-state index contributed by atoms with van der Waals surface area (Å²) >= 11 is 0. The van der Waals surface area contributed by atoms with Crippen molar-refractivity contribution in [1.82, 2.24) is 14.8 Å². The van der Waals surface area contributed by atoms with Crippen molar-refractivity contribution < 1.29 is 19.6 Å². The van der Waals surface area contributed by atoms with Crippen LogP contribution in [0.2, 0.25) is 6.32 Å². The first-order valence-electron chi connectivity index (χ1n) is 6.20. The molecule has 0 unspecified atom stereocenters. The molecule has 20 heavy (non-hydrogen) atoms. The number of rotatable bonds is 3. The van der Waals surface area contributed by atoms with Gasteiger partial charge < -0.3 is 14.8 Å². The molecule has 7 nitrogen and oxygen atoms in total. The molecule has 1 aromatic heterocycles. The maximum absolute atomic E-state index is 11.5. The van der Waals surface area contributed by atoms with Crippen molar-refractivity contribution in [1.29, 1.82) is 0 Å². The van der Waals surface area contributed by atoms with Crippen LogP contribution in [0.1, 0.15) is 21.5 Å². The first-order chi connectivity index (χ1) is 9.65. The molecule has 0 saturated heterocycles. The van der Waals surface area contributed by atoms with Crippen LogP contribution in [0.25, 0.3) is 0 Å². The van der Waals surface area contributed by atoms with Crippen LogP contribution in [0.5, 0.6) is 5.75 Å². The summed E-state index contributed by atoms with van der Waals surface area (Å²) in [6.07, 6.45) is 3.97. The summed E-state index contributed by atoms with van der Waals surface area (Å²) in [5.41, 5.74) is 1.45. The minimum absolute atomic E-state index is 0.0803. The summed E-state index contributed by atoms with van der Waals surface area (Å²) in [6, 6.07) is 3.59. The summed E-state index contributed by atoms with van der Waals surface area (Å²) in [7, 11) is -0.956. The monoisotopic (exact) mass is 273 g/mol. The molecule has 2 aromatic rings. The van der Waals surface area contributed by atoms with Gasteiger partial charge in [0, 0.05) is 0 Å². The Bertz CT molecular complexity index is 644. The lowest BCUT2D eigenvalue weighted by Gasteiger charge is -2.23. The first kappa shape index (κ1) is 12.7. The quantitative estimate of drug-likeness (QED) is 0.787. The third-order valence-corrected chi connectivity index (χ3v) is 3.25. The first-order valence-corrected chi connectivity index (χ1v) is 6.20. The second kappa shape index (κ2) is 4.97. The highest BCUT2D eigenvalue weighted by molar-refractivity contribution is 6.44. The molecule has 0 aliphatic carbocycles. The number of fused-ring (bicyclic) bond motifs is 1. The number of nitrogens with zero attached hydrogens (tertiary/aromatic N) is 3. The summed E-state index contributed by atoms with van der Waals surface area (Å²) < 4.78 is 6.85.